The summed E-state index contributed by atoms with van der Waals surface area (Å²) < 4.78 is 25.8. The first-order chi connectivity index (χ1) is 15.9. The van der Waals surface area contributed by atoms with Crippen LogP contribution in [0.3, 0.4) is 0 Å². The summed E-state index contributed by atoms with van der Waals surface area (Å²) in [6.07, 6.45) is 3.33. The van der Waals surface area contributed by atoms with E-state index in [1.807, 2.05) is 12.1 Å². The summed E-state index contributed by atoms with van der Waals surface area (Å²) in [4.78, 5) is 6.61. The van der Waals surface area contributed by atoms with E-state index in [-0.39, 0.29) is 5.82 Å². The summed E-state index contributed by atoms with van der Waals surface area (Å²) in [7, 11) is 4.16. The standard InChI is InChI=1S/C28H29FN2O2/c1-18-14-24(19(2)26-27(18)32-17-30-26)20-6-11-25-21(15-20)16-33-28(25,12-5-13-31(3)4)22-7-9-23(29)10-8-22/h6-11,14-15,17H,5,12-13,16H2,1-4H3. The lowest BCUT2D eigenvalue weighted by Gasteiger charge is -2.31. The first-order valence-corrected chi connectivity index (χ1v) is 11.4. The largest absolute Gasteiger partial charge is 0.443 e. The predicted molar refractivity (Wildman–Crippen MR) is 129 cm³/mol. The zero-order valence-electron chi connectivity index (χ0n) is 19.6. The molecule has 5 rings (SSSR count). The van der Waals surface area contributed by atoms with Crippen LogP contribution in [-0.2, 0) is 16.9 Å². The fraction of sp³-hybridized carbons (Fsp3) is 0.321. The monoisotopic (exact) mass is 444 g/mol. The molecule has 1 unspecified atom stereocenters. The lowest BCUT2D eigenvalue weighted by molar-refractivity contribution is -0.0140. The molecule has 0 fully saturated rings. The number of ether oxygens (including phenoxy) is 1. The highest BCUT2D eigenvalue weighted by atomic mass is 19.1. The molecule has 4 nitrogen and oxygen atoms in total. The van der Waals surface area contributed by atoms with Crippen LogP contribution < -0.4 is 0 Å². The van der Waals surface area contributed by atoms with E-state index < -0.39 is 5.60 Å². The van der Waals surface area contributed by atoms with Gasteiger partial charge in [-0.3, -0.25) is 0 Å². The molecule has 5 heteroatoms. The van der Waals surface area contributed by atoms with Crippen LogP contribution >= 0.6 is 0 Å². The van der Waals surface area contributed by atoms with Gasteiger partial charge < -0.3 is 14.1 Å². The number of oxazole rings is 1. The number of benzene rings is 3. The van der Waals surface area contributed by atoms with Crippen LogP contribution in [0.25, 0.3) is 22.2 Å². The van der Waals surface area contributed by atoms with Gasteiger partial charge in [-0.1, -0.05) is 24.3 Å². The molecule has 1 aromatic heterocycles. The Morgan fingerprint density at radius 3 is 2.61 bits per heavy atom. The van der Waals surface area contributed by atoms with Crippen LogP contribution in [0.5, 0.6) is 0 Å². The average molecular weight is 445 g/mol. The van der Waals surface area contributed by atoms with Crippen molar-refractivity contribution >= 4 is 11.1 Å². The van der Waals surface area contributed by atoms with Gasteiger partial charge in [0.2, 0.25) is 0 Å². The highest BCUT2D eigenvalue weighted by Crippen LogP contribution is 2.46. The third kappa shape index (κ3) is 3.75. The maximum atomic E-state index is 13.7. The van der Waals surface area contributed by atoms with Crippen molar-refractivity contribution in [3.63, 3.8) is 0 Å². The predicted octanol–water partition coefficient (Wildman–Crippen LogP) is 6.37. The third-order valence-corrected chi connectivity index (χ3v) is 6.82. The van der Waals surface area contributed by atoms with Crippen molar-refractivity contribution in [3.05, 3.63) is 88.6 Å². The molecule has 0 amide bonds. The van der Waals surface area contributed by atoms with Gasteiger partial charge in [0, 0.05) is 0 Å². The molecule has 0 saturated carbocycles. The van der Waals surface area contributed by atoms with E-state index in [9.17, 15) is 4.39 Å². The number of aromatic nitrogens is 1. The normalized spacial score (nSPS) is 17.8. The molecular weight excluding hydrogens is 415 g/mol. The quantitative estimate of drug-likeness (QED) is 0.347. The molecule has 0 saturated heterocycles. The van der Waals surface area contributed by atoms with Crippen molar-refractivity contribution in [1.29, 1.82) is 0 Å². The summed E-state index contributed by atoms with van der Waals surface area (Å²) in [6, 6.07) is 15.5. The van der Waals surface area contributed by atoms with Gasteiger partial charge in [-0.2, -0.15) is 0 Å². The molecule has 170 valence electrons. The zero-order chi connectivity index (χ0) is 23.2. The van der Waals surface area contributed by atoms with E-state index in [1.54, 1.807) is 0 Å². The lowest BCUT2D eigenvalue weighted by atomic mass is 9.81. The fourth-order valence-electron chi connectivity index (χ4n) is 5.12. The number of halogens is 1. The molecule has 3 aromatic carbocycles. The number of hydrogen-bond donors (Lipinski definition) is 0. The average Bonchev–Trinajstić information content (AvgIpc) is 3.43. The molecule has 0 aliphatic carbocycles. The van der Waals surface area contributed by atoms with Crippen molar-refractivity contribution < 1.29 is 13.5 Å². The van der Waals surface area contributed by atoms with Crippen molar-refractivity contribution in [2.75, 3.05) is 20.6 Å². The van der Waals surface area contributed by atoms with Crippen molar-refractivity contribution in [1.82, 2.24) is 9.88 Å². The number of rotatable bonds is 6. The Morgan fingerprint density at radius 1 is 1.06 bits per heavy atom. The second-order valence-electron chi connectivity index (χ2n) is 9.30. The van der Waals surface area contributed by atoms with Gasteiger partial charge in [0.1, 0.15) is 16.9 Å². The number of hydrogen-bond acceptors (Lipinski definition) is 4. The number of nitrogens with zero attached hydrogens (tertiary/aromatic N) is 2. The van der Waals surface area contributed by atoms with Crippen LogP contribution in [0.4, 0.5) is 4.39 Å². The minimum absolute atomic E-state index is 0.232. The molecule has 1 aliphatic heterocycles. The van der Waals surface area contributed by atoms with Crippen molar-refractivity contribution in [3.8, 4) is 11.1 Å². The van der Waals surface area contributed by atoms with Gasteiger partial charge in [-0.15, -0.1) is 0 Å². The van der Waals surface area contributed by atoms with Gasteiger partial charge in [-0.05, 0) is 111 Å². The van der Waals surface area contributed by atoms with Gasteiger partial charge in [0.05, 0.1) is 6.61 Å². The smallest absolute Gasteiger partial charge is 0.182 e. The van der Waals surface area contributed by atoms with E-state index >= 15 is 0 Å². The molecule has 33 heavy (non-hydrogen) atoms. The van der Waals surface area contributed by atoms with Crippen LogP contribution in [-0.4, -0.2) is 30.5 Å². The van der Waals surface area contributed by atoms with Crippen LogP contribution in [0.1, 0.15) is 40.7 Å². The zero-order valence-corrected chi connectivity index (χ0v) is 19.6. The maximum Gasteiger partial charge on any atom is 0.182 e. The Morgan fingerprint density at radius 2 is 1.85 bits per heavy atom. The fourth-order valence-corrected chi connectivity index (χ4v) is 5.12. The Balaban J connectivity index is 1.58. The highest BCUT2D eigenvalue weighted by Gasteiger charge is 2.41. The SMILES string of the molecule is Cc1c(-c2ccc3c(c2)COC3(CCCN(C)C)c2ccc(F)cc2)cc(C)c2ocnc12. The van der Waals surface area contributed by atoms with Crippen molar-refractivity contribution in [2.45, 2.75) is 38.9 Å². The third-order valence-electron chi connectivity index (χ3n) is 6.82. The summed E-state index contributed by atoms with van der Waals surface area (Å²) in [6.45, 7) is 5.65. The van der Waals surface area contributed by atoms with Gasteiger partial charge >= 0.3 is 0 Å². The maximum absolute atomic E-state index is 13.7. The Labute approximate surface area is 194 Å². The van der Waals surface area contributed by atoms with E-state index in [4.69, 9.17) is 9.15 Å². The van der Waals surface area contributed by atoms with Gasteiger partial charge in [0.25, 0.3) is 0 Å². The second-order valence-corrected chi connectivity index (χ2v) is 9.30. The molecule has 1 aliphatic rings. The molecule has 0 radical (unpaired) electrons. The van der Waals surface area contributed by atoms with E-state index in [0.29, 0.717) is 6.61 Å². The summed E-state index contributed by atoms with van der Waals surface area (Å²) in [5, 5.41) is 0. The first-order valence-electron chi connectivity index (χ1n) is 11.4. The molecule has 1 atom stereocenters. The Kier molecular flexibility index (Phi) is 5.55. The topological polar surface area (TPSA) is 38.5 Å². The van der Waals surface area contributed by atoms with Gasteiger partial charge in [-0.25, -0.2) is 9.37 Å². The van der Waals surface area contributed by atoms with E-state index in [0.717, 1.165) is 58.3 Å². The van der Waals surface area contributed by atoms with Gasteiger partial charge in [0.15, 0.2) is 12.0 Å². The first kappa shape index (κ1) is 21.8. The Hall–Kier alpha value is -3.02. The molecule has 0 bridgehead atoms. The van der Waals surface area contributed by atoms with Crippen LogP contribution in [0, 0.1) is 19.7 Å². The molecule has 4 aromatic rings. The minimum Gasteiger partial charge on any atom is -0.443 e. The van der Waals surface area contributed by atoms with Crippen LogP contribution in [0.2, 0.25) is 0 Å². The summed E-state index contributed by atoms with van der Waals surface area (Å²) in [5.41, 5.74) is 9.04. The molecule has 0 spiro atoms. The molecule has 2 heterocycles. The van der Waals surface area contributed by atoms with Crippen molar-refractivity contribution in [2.24, 2.45) is 0 Å². The number of fused-ring (bicyclic) bond motifs is 2. The molecule has 0 N–H and O–H groups in total. The lowest BCUT2D eigenvalue weighted by Crippen LogP contribution is -2.28. The Bertz CT molecular complexity index is 1310. The van der Waals surface area contributed by atoms with Crippen LogP contribution in [0.15, 0.2) is 59.3 Å². The number of aryl methyl sites for hydroxylation is 2. The van der Waals surface area contributed by atoms with E-state index in [1.165, 1.54) is 29.7 Å². The summed E-state index contributed by atoms with van der Waals surface area (Å²) in [5.74, 6) is -0.232. The highest BCUT2D eigenvalue weighted by molar-refractivity contribution is 5.88. The molecular formula is C28H29FN2O2. The minimum atomic E-state index is -0.557. The summed E-state index contributed by atoms with van der Waals surface area (Å²) >= 11 is 0. The second kappa shape index (κ2) is 8.40. The van der Waals surface area contributed by atoms with E-state index in [2.05, 4.69) is 62.1 Å².